The molecule has 2 N–H and O–H groups in total. The van der Waals surface area contributed by atoms with Crippen molar-refractivity contribution in [3.63, 3.8) is 0 Å². The summed E-state index contributed by atoms with van der Waals surface area (Å²) in [6, 6.07) is 3.75. The van der Waals surface area contributed by atoms with Gasteiger partial charge in [0.05, 0.1) is 5.56 Å². The molecule has 0 saturated carbocycles. The van der Waals surface area contributed by atoms with Gasteiger partial charge in [-0.25, -0.2) is 0 Å². The number of nitrogens with zero attached hydrogens (tertiary/aromatic N) is 2. The molecular weight excluding hydrogens is 204 g/mol. The minimum absolute atomic E-state index is 0.125. The van der Waals surface area contributed by atoms with Crippen molar-refractivity contribution in [1.82, 2.24) is 15.2 Å². The maximum Gasteiger partial charge on any atom is 0.267 e. The number of hydrogen-bond donors (Lipinski definition) is 2. The minimum Gasteiger partial charge on any atom is -0.302 e. The highest BCUT2D eigenvalue weighted by Crippen LogP contribution is 2.08. The molecule has 0 unspecified atom stereocenters. The minimum atomic E-state index is -0.125. The molecule has 0 amide bonds. The van der Waals surface area contributed by atoms with Crippen molar-refractivity contribution in [3.05, 3.63) is 51.2 Å². The van der Waals surface area contributed by atoms with Gasteiger partial charge in [-0.3, -0.25) is 14.9 Å². The van der Waals surface area contributed by atoms with Crippen molar-refractivity contribution in [2.24, 2.45) is 0 Å². The molecule has 5 heteroatoms. The Hall–Kier alpha value is -2.35. The fourth-order valence-electron chi connectivity index (χ4n) is 1.53. The molecule has 16 heavy (non-hydrogen) atoms. The molecule has 80 valence electrons. The van der Waals surface area contributed by atoms with Gasteiger partial charge < -0.3 is 5.10 Å². The Morgan fingerprint density at radius 3 is 2.88 bits per heavy atom. The van der Waals surface area contributed by atoms with E-state index in [4.69, 9.17) is 5.26 Å². The third-order valence-electron chi connectivity index (χ3n) is 2.40. The third kappa shape index (κ3) is 1.86. The largest absolute Gasteiger partial charge is 0.302 e. The van der Waals surface area contributed by atoms with Crippen LogP contribution in [-0.4, -0.2) is 15.2 Å². The number of aromatic amines is 2. The van der Waals surface area contributed by atoms with E-state index in [0.717, 1.165) is 11.3 Å². The number of H-pyrrole nitrogens is 2. The molecule has 0 saturated heterocycles. The van der Waals surface area contributed by atoms with E-state index in [2.05, 4.69) is 15.2 Å². The summed E-state index contributed by atoms with van der Waals surface area (Å²) in [5.74, 6) is 0. The molecule has 0 aromatic carbocycles. The summed E-state index contributed by atoms with van der Waals surface area (Å²) in [6.07, 6.45) is 3.64. The van der Waals surface area contributed by atoms with Crippen molar-refractivity contribution >= 4 is 0 Å². The highest BCUT2D eigenvalue weighted by Gasteiger charge is 2.07. The highest BCUT2D eigenvalue weighted by molar-refractivity contribution is 5.32. The summed E-state index contributed by atoms with van der Waals surface area (Å²) < 4.78 is 0. The zero-order chi connectivity index (χ0) is 11.5. The lowest BCUT2D eigenvalue weighted by Crippen LogP contribution is -2.07. The molecule has 0 fully saturated rings. The van der Waals surface area contributed by atoms with Crippen LogP contribution in [0.15, 0.2) is 23.3 Å². The summed E-state index contributed by atoms with van der Waals surface area (Å²) in [4.78, 5) is 15.4. The Morgan fingerprint density at radius 1 is 1.44 bits per heavy atom. The molecule has 0 aliphatic carbocycles. The van der Waals surface area contributed by atoms with Crippen molar-refractivity contribution in [2.75, 3.05) is 0 Å². The van der Waals surface area contributed by atoms with Gasteiger partial charge in [0, 0.05) is 30.1 Å². The average molecular weight is 214 g/mol. The van der Waals surface area contributed by atoms with E-state index in [9.17, 15) is 4.79 Å². The van der Waals surface area contributed by atoms with Crippen LogP contribution in [-0.2, 0) is 6.42 Å². The fourth-order valence-corrected chi connectivity index (χ4v) is 1.53. The molecule has 5 nitrogen and oxygen atoms in total. The summed E-state index contributed by atoms with van der Waals surface area (Å²) in [5, 5.41) is 14.0. The highest BCUT2D eigenvalue weighted by atomic mass is 16.1. The first-order chi connectivity index (χ1) is 7.70. The second-order valence-electron chi connectivity index (χ2n) is 3.55. The Kier molecular flexibility index (Phi) is 2.56. The molecular formula is C11H10N4O. The van der Waals surface area contributed by atoms with E-state index in [0.29, 0.717) is 17.5 Å². The molecule has 0 aliphatic rings. The second-order valence-corrected chi connectivity index (χ2v) is 3.55. The summed E-state index contributed by atoms with van der Waals surface area (Å²) in [6.45, 7) is 1.83. The number of nitriles is 1. The molecule has 0 atom stereocenters. The van der Waals surface area contributed by atoms with Gasteiger partial charge in [0.2, 0.25) is 0 Å². The van der Waals surface area contributed by atoms with Crippen molar-refractivity contribution in [1.29, 1.82) is 5.26 Å². The lowest BCUT2D eigenvalue weighted by atomic mass is 10.1. The van der Waals surface area contributed by atoms with E-state index in [1.54, 1.807) is 12.3 Å². The quantitative estimate of drug-likeness (QED) is 0.777. The molecule has 0 radical (unpaired) electrons. The Balaban J connectivity index is 2.35. The molecule has 0 aliphatic heterocycles. The predicted octanol–water partition coefficient (Wildman–Crippen LogP) is 0.869. The standard InChI is InChI=1S/C11H10N4O/c1-7-10(11(16)15-14-7)3-8-2-9(4-12)6-13-5-8/h2,5-6H,3H2,1H3,(H2,14,15,16). The van der Waals surface area contributed by atoms with Crippen LogP contribution < -0.4 is 5.56 Å². The average Bonchev–Trinajstić information content (AvgIpc) is 2.61. The first-order valence-electron chi connectivity index (χ1n) is 4.81. The zero-order valence-corrected chi connectivity index (χ0v) is 8.74. The van der Waals surface area contributed by atoms with Crippen molar-refractivity contribution < 1.29 is 0 Å². The van der Waals surface area contributed by atoms with Crippen LogP contribution in [0.2, 0.25) is 0 Å². The van der Waals surface area contributed by atoms with E-state index in [1.165, 1.54) is 6.20 Å². The lowest BCUT2D eigenvalue weighted by Gasteiger charge is -1.99. The van der Waals surface area contributed by atoms with Crippen molar-refractivity contribution in [2.45, 2.75) is 13.3 Å². The SMILES string of the molecule is Cc1[nH][nH]c(=O)c1Cc1cncc(C#N)c1. The van der Waals surface area contributed by atoms with E-state index >= 15 is 0 Å². The molecule has 0 spiro atoms. The van der Waals surface area contributed by atoms with E-state index in [1.807, 2.05) is 13.0 Å². The number of rotatable bonds is 2. The number of aromatic nitrogens is 3. The molecule has 2 aromatic heterocycles. The molecule has 2 aromatic rings. The number of pyridine rings is 1. The number of aryl methyl sites for hydroxylation is 1. The van der Waals surface area contributed by atoms with Gasteiger partial charge in [-0.15, -0.1) is 0 Å². The van der Waals surface area contributed by atoms with Gasteiger partial charge in [-0.1, -0.05) is 0 Å². The summed E-state index contributed by atoms with van der Waals surface area (Å²) >= 11 is 0. The Labute approximate surface area is 91.8 Å². The number of hydrogen-bond acceptors (Lipinski definition) is 3. The van der Waals surface area contributed by atoms with E-state index < -0.39 is 0 Å². The monoisotopic (exact) mass is 214 g/mol. The summed E-state index contributed by atoms with van der Waals surface area (Å²) in [7, 11) is 0. The normalized spacial score (nSPS) is 10.0. The van der Waals surface area contributed by atoms with E-state index in [-0.39, 0.29) is 5.56 Å². The lowest BCUT2D eigenvalue weighted by molar-refractivity contribution is 1.02. The van der Waals surface area contributed by atoms with Crippen LogP contribution in [0.1, 0.15) is 22.4 Å². The van der Waals surface area contributed by atoms with Crippen molar-refractivity contribution in [3.8, 4) is 6.07 Å². The fraction of sp³-hybridized carbons (Fsp3) is 0.182. The molecule has 0 bridgehead atoms. The topological polar surface area (TPSA) is 85.3 Å². The summed E-state index contributed by atoms with van der Waals surface area (Å²) in [5.41, 5.74) is 2.72. The zero-order valence-electron chi connectivity index (χ0n) is 8.74. The van der Waals surface area contributed by atoms with Crippen LogP contribution in [0.5, 0.6) is 0 Å². The van der Waals surface area contributed by atoms with Crippen LogP contribution in [0.25, 0.3) is 0 Å². The molecule has 2 heterocycles. The Bertz CT molecular complexity index is 603. The third-order valence-corrected chi connectivity index (χ3v) is 2.40. The molecule has 2 rings (SSSR count). The predicted molar refractivity (Wildman–Crippen MR) is 57.9 cm³/mol. The van der Waals surface area contributed by atoms with Gasteiger partial charge in [0.25, 0.3) is 5.56 Å². The second kappa shape index (κ2) is 4.03. The Morgan fingerprint density at radius 2 is 2.25 bits per heavy atom. The van der Waals surface area contributed by atoms with Gasteiger partial charge >= 0.3 is 0 Å². The maximum atomic E-state index is 11.4. The first kappa shape index (κ1) is 10.2. The van der Waals surface area contributed by atoms with Gasteiger partial charge in [-0.2, -0.15) is 5.26 Å². The smallest absolute Gasteiger partial charge is 0.267 e. The van der Waals surface area contributed by atoms with Gasteiger partial charge in [0.15, 0.2) is 0 Å². The first-order valence-corrected chi connectivity index (χ1v) is 4.81. The van der Waals surface area contributed by atoms with Gasteiger partial charge in [-0.05, 0) is 18.6 Å². The van der Waals surface area contributed by atoms with Crippen LogP contribution >= 0.6 is 0 Å². The van der Waals surface area contributed by atoms with Gasteiger partial charge in [0.1, 0.15) is 6.07 Å². The van der Waals surface area contributed by atoms with Crippen LogP contribution in [0.3, 0.4) is 0 Å². The van der Waals surface area contributed by atoms with Crippen LogP contribution in [0, 0.1) is 18.3 Å². The maximum absolute atomic E-state index is 11.4. The van der Waals surface area contributed by atoms with Crippen LogP contribution in [0.4, 0.5) is 0 Å². The number of nitrogens with one attached hydrogen (secondary N) is 2.